The summed E-state index contributed by atoms with van der Waals surface area (Å²) in [6.07, 6.45) is 1.69. The van der Waals surface area contributed by atoms with Gasteiger partial charge in [-0.05, 0) is 45.0 Å². The second kappa shape index (κ2) is 6.82. The summed E-state index contributed by atoms with van der Waals surface area (Å²) in [5.41, 5.74) is 0.902. The van der Waals surface area contributed by atoms with E-state index in [2.05, 4.69) is 15.1 Å². The van der Waals surface area contributed by atoms with Crippen LogP contribution in [0, 0.1) is 5.92 Å². The number of halogens is 1. The molecule has 0 radical (unpaired) electrons. The Morgan fingerprint density at radius 3 is 2.74 bits per heavy atom. The second-order valence-corrected chi connectivity index (χ2v) is 5.04. The van der Waals surface area contributed by atoms with E-state index in [1.165, 1.54) is 0 Å². The molecule has 0 saturated carbocycles. The van der Waals surface area contributed by atoms with Crippen molar-refractivity contribution < 1.29 is 9.53 Å². The average molecular weight is 284 g/mol. The van der Waals surface area contributed by atoms with Gasteiger partial charge >= 0.3 is 5.97 Å². The number of esters is 1. The van der Waals surface area contributed by atoms with Crippen LogP contribution in [0.15, 0.2) is 12.1 Å². The third kappa shape index (κ3) is 4.14. The van der Waals surface area contributed by atoms with Crippen molar-refractivity contribution in [1.82, 2.24) is 15.1 Å². The maximum atomic E-state index is 11.6. The topological polar surface area (TPSA) is 55.3 Å². The van der Waals surface area contributed by atoms with E-state index in [-0.39, 0.29) is 11.9 Å². The summed E-state index contributed by atoms with van der Waals surface area (Å²) in [6, 6.07) is 3.63. The van der Waals surface area contributed by atoms with Gasteiger partial charge in [-0.15, -0.1) is 5.10 Å². The van der Waals surface area contributed by atoms with Gasteiger partial charge < -0.3 is 4.74 Å². The Balaban J connectivity index is 1.80. The first-order chi connectivity index (χ1) is 9.19. The van der Waals surface area contributed by atoms with Crippen LogP contribution in [0.1, 0.15) is 25.5 Å². The van der Waals surface area contributed by atoms with Crippen molar-refractivity contribution >= 4 is 17.6 Å². The summed E-state index contributed by atoms with van der Waals surface area (Å²) >= 11 is 5.70. The lowest BCUT2D eigenvalue weighted by molar-refractivity contribution is -0.149. The molecule has 0 N–H and O–H groups in total. The van der Waals surface area contributed by atoms with Gasteiger partial charge in [0.2, 0.25) is 0 Å². The Labute approximate surface area is 117 Å². The molecule has 0 bridgehead atoms. The molecule has 0 aromatic carbocycles. The minimum absolute atomic E-state index is 0.0486. The fourth-order valence-electron chi connectivity index (χ4n) is 2.24. The van der Waals surface area contributed by atoms with Crippen molar-refractivity contribution in [3.63, 3.8) is 0 Å². The smallest absolute Gasteiger partial charge is 0.309 e. The number of rotatable bonds is 4. The molecule has 6 heteroatoms. The molecule has 1 aromatic rings. The highest BCUT2D eigenvalue weighted by Gasteiger charge is 2.25. The van der Waals surface area contributed by atoms with Gasteiger partial charge in [0.05, 0.1) is 18.2 Å². The molecule has 0 atom stereocenters. The predicted octanol–water partition coefficient (Wildman–Crippen LogP) is 1.91. The van der Waals surface area contributed by atoms with E-state index in [9.17, 15) is 4.79 Å². The molecule has 1 saturated heterocycles. The first-order valence-electron chi connectivity index (χ1n) is 6.56. The molecule has 2 heterocycles. The second-order valence-electron chi connectivity index (χ2n) is 4.65. The number of carbonyl (C=O) groups is 1. The monoisotopic (exact) mass is 283 g/mol. The predicted molar refractivity (Wildman–Crippen MR) is 71.7 cm³/mol. The largest absolute Gasteiger partial charge is 0.466 e. The zero-order chi connectivity index (χ0) is 13.7. The molecular formula is C13H18ClN3O2. The lowest BCUT2D eigenvalue weighted by Crippen LogP contribution is -2.36. The molecule has 104 valence electrons. The van der Waals surface area contributed by atoms with Crippen LogP contribution < -0.4 is 0 Å². The molecule has 19 heavy (non-hydrogen) atoms. The van der Waals surface area contributed by atoms with E-state index in [1.54, 1.807) is 6.07 Å². The third-order valence-corrected chi connectivity index (χ3v) is 3.48. The number of piperidine rings is 1. The van der Waals surface area contributed by atoms with Gasteiger partial charge in [0.15, 0.2) is 5.15 Å². The van der Waals surface area contributed by atoms with Crippen molar-refractivity contribution in [3.8, 4) is 0 Å². The van der Waals surface area contributed by atoms with E-state index in [4.69, 9.17) is 16.3 Å². The van der Waals surface area contributed by atoms with Gasteiger partial charge in [0.1, 0.15) is 0 Å². The van der Waals surface area contributed by atoms with Crippen molar-refractivity contribution in [1.29, 1.82) is 0 Å². The van der Waals surface area contributed by atoms with Crippen LogP contribution in [0.3, 0.4) is 0 Å². The van der Waals surface area contributed by atoms with Crippen molar-refractivity contribution in [2.75, 3.05) is 19.7 Å². The fourth-order valence-corrected chi connectivity index (χ4v) is 2.34. The first-order valence-corrected chi connectivity index (χ1v) is 6.94. The highest BCUT2D eigenvalue weighted by molar-refractivity contribution is 6.29. The van der Waals surface area contributed by atoms with E-state index < -0.39 is 0 Å². The lowest BCUT2D eigenvalue weighted by atomic mass is 9.97. The normalized spacial score (nSPS) is 17.4. The van der Waals surface area contributed by atoms with Crippen LogP contribution >= 0.6 is 11.6 Å². The standard InChI is InChI=1S/C13H18ClN3O2/c1-2-19-13(18)10-5-7-17(8-6-10)9-11-3-4-12(14)16-15-11/h3-4,10H,2,5-9H2,1H3. The zero-order valence-electron chi connectivity index (χ0n) is 11.0. The van der Waals surface area contributed by atoms with Crippen molar-refractivity contribution in [2.45, 2.75) is 26.3 Å². The quantitative estimate of drug-likeness (QED) is 0.790. The van der Waals surface area contributed by atoms with Crippen LogP contribution in [0.25, 0.3) is 0 Å². The van der Waals surface area contributed by atoms with Crippen LogP contribution in [0.5, 0.6) is 0 Å². The molecule has 1 aromatic heterocycles. The van der Waals surface area contributed by atoms with Gasteiger partial charge in [-0.2, -0.15) is 5.10 Å². The van der Waals surface area contributed by atoms with E-state index in [0.717, 1.165) is 38.2 Å². The van der Waals surface area contributed by atoms with Crippen molar-refractivity contribution in [3.05, 3.63) is 23.0 Å². The summed E-state index contributed by atoms with van der Waals surface area (Å²) in [7, 11) is 0. The number of nitrogens with zero attached hydrogens (tertiary/aromatic N) is 3. The number of carbonyl (C=O) groups excluding carboxylic acids is 1. The van der Waals surface area contributed by atoms with Gasteiger partial charge in [-0.1, -0.05) is 11.6 Å². The number of likely N-dealkylation sites (tertiary alicyclic amines) is 1. The zero-order valence-corrected chi connectivity index (χ0v) is 11.8. The minimum atomic E-state index is -0.0616. The molecule has 0 aliphatic carbocycles. The fraction of sp³-hybridized carbons (Fsp3) is 0.615. The van der Waals surface area contributed by atoms with Gasteiger partial charge in [0.25, 0.3) is 0 Å². The molecule has 1 aliphatic heterocycles. The van der Waals surface area contributed by atoms with Gasteiger partial charge in [-0.25, -0.2) is 0 Å². The Kier molecular flexibility index (Phi) is 5.10. The molecule has 0 unspecified atom stereocenters. The molecular weight excluding hydrogens is 266 g/mol. The van der Waals surface area contributed by atoms with Gasteiger partial charge in [-0.3, -0.25) is 9.69 Å². The number of ether oxygens (including phenoxy) is 1. The molecule has 1 fully saturated rings. The van der Waals surface area contributed by atoms with Crippen LogP contribution in [-0.4, -0.2) is 40.8 Å². The molecule has 0 amide bonds. The Bertz CT molecular complexity index is 416. The highest BCUT2D eigenvalue weighted by Crippen LogP contribution is 2.19. The van der Waals surface area contributed by atoms with Gasteiger partial charge in [0, 0.05) is 6.54 Å². The van der Waals surface area contributed by atoms with Crippen LogP contribution in [-0.2, 0) is 16.1 Å². The van der Waals surface area contributed by atoms with E-state index in [0.29, 0.717) is 11.8 Å². The number of aromatic nitrogens is 2. The molecule has 1 aliphatic rings. The summed E-state index contributed by atoms with van der Waals surface area (Å²) in [6.45, 7) is 4.81. The summed E-state index contributed by atoms with van der Waals surface area (Å²) in [4.78, 5) is 13.9. The Morgan fingerprint density at radius 2 is 2.16 bits per heavy atom. The molecule has 5 nitrogen and oxygen atoms in total. The minimum Gasteiger partial charge on any atom is -0.466 e. The summed E-state index contributed by atoms with van der Waals surface area (Å²) in [5.74, 6) is -0.0130. The number of hydrogen-bond acceptors (Lipinski definition) is 5. The highest BCUT2D eigenvalue weighted by atomic mass is 35.5. The first kappa shape index (κ1) is 14.2. The van der Waals surface area contributed by atoms with Crippen molar-refractivity contribution in [2.24, 2.45) is 5.92 Å². The summed E-state index contributed by atoms with van der Waals surface area (Å²) in [5, 5.41) is 8.27. The van der Waals surface area contributed by atoms with E-state index in [1.807, 2.05) is 13.0 Å². The maximum Gasteiger partial charge on any atom is 0.309 e. The Morgan fingerprint density at radius 1 is 1.42 bits per heavy atom. The third-order valence-electron chi connectivity index (χ3n) is 3.28. The van der Waals surface area contributed by atoms with E-state index >= 15 is 0 Å². The number of hydrogen-bond donors (Lipinski definition) is 0. The maximum absolute atomic E-state index is 11.6. The Hall–Kier alpha value is -1.20. The van der Waals surface area contributed by atoms with Crippen LogP contribution in [0.4, 0.5) is 0 Å². The average Bonchev–Trinajstić information content (AvgIpc) is 2.42. The molecule has 0 spiro atoms. The summed E-state index contributed by atoms with van der Waals surface area (Å²) < 4.78 is 5.05. The molecule has 2 rings (SSSR count). The van der Waals surface area contributed by atoms with Crippen LogP contribution in [0.2, 0.25) is 5.15 Å². The SMILES string of the molecule is CCOC(=O)C1CCN(Cc2ccc(Cl)nn2)CC1. The lowest BCUT2D eigenvalue weighted by Gasteiger charge is -2.30.